The van der Waals surface area contributed by atoms with Crippen LogP contribution in [0, 0.1) is 6.92 Å². The van der Waals surface area contributed by atoms with E-state index in [2.05, 4.69) is 16.0 Å². The Morgan fingerprint density at radius 3 is 2.22 bits per heavy atom. The summed E-state index contributed by atoms with van der Waals surface area (Å²) in [5.41, 5.74) is 4.40. The molecule has 4 aromatic carbocycles. The van der Waals surface area contributed by atoms with Crippen LogP contribution < -0.4 is 20.7 Å². The molecule has 188 valence electrons. The number of rotatable bonds is 8. The number of benzene rings is 4. The molecule has 0 heterocycles. The van der Waals surface area contributed by atoms with Gasteiger partial charge in [0.25, 0.3) is 0 Å². The number of carbonyl (C=O) groups is 1. The minimum Gasteiger partial charge on any atom is -0.495 e. The Bertz CT molecular complexity index is 1380. The summed E-state index contributed by atoms with van der Waals surface area (Å²) in [5.74, 6) is 0.389. The van der Waals surface area contributed by atoms with Crippen LogP contribution in [0.1, 0.15) is 16.4 Å². The van der Waals surface area contributed by atoms with E-state index < -0.39 is 5.25 Å². The van der Waals surface area contributed by atoms with Crippen LogP contribution in [0.4, 0.5) is 17.1 Å². The number of carbonyl (C=O) groups excluding carboxylic acids is 1. The lowest BCUT2D eigenvalue weighted by Gasteiger charge is -2.18. The van der Waals surface area contributed by atoms with E-state index in [0.29, 0.717) is 21.6 Å². The summed E-state index contributed by atoms with van der Waals surface area (Å²) in [6.07, 6.45) is 0. The molecule has 37 heavy (non-hydrogen) atoms. The van der Waals surface area contributed by atoms with Gasteiger partial charge in [0.2, 0.25) is 5.91 Å². The Morgan fingerprint density at radius 1 is 0.838 bits per heavy atom. The van der Waals surface area contributed by atoms with E-state index in [4.69, 9.17) is 28.6 Å². The number of halogens is 1. The Hall–Kier alpha value is -3.52. The SMILES string of the molecule is COc1ccc(NC(=O)C(Sc2cccc(NC(=S)Nc3ccc(C)cc3)c2)c2ccccc2)cc1Cl. The third kappa shape index (κ3) is 7.49. The van der Waals surface area contributed by atoms with Gasteiger partial charge in [-0.3, -0.25) is 4.79 Å². The van der Waals surface area contributed by atoms with Crippen molar-refractivity contribution in [1.82, 2.24) is 0 Å². The number of aryl methyl sites for hydroxylation is 1. The molecule has 0 spiro atoms. The Balaban J connectivity index is 1.49. The van der Waals surface area contributed by atoms with Gasteiger partial charge in [-0.25, -0.2) is 0 Å². The zero-order valence-electron chi connectivity index (χ0n) is 20.3. The van der Waals surface area contributed by atoms with Crippen LogP contribution in [0.25, 0.3) is 0 Å². The molecule has 0 aliphatic carbocycles. The summed E-state index contributed by atoms with van der Waals surface area (Å²) in [7, 11) is 1.55. The second-order valence-electron chi connectivity index (χ2n) is 8.22. The molecule has 0 radical (unpaired) electrons. The highest BCUT2D eigenvalue weighted by Gasteiger charge is 2.23. The fourth-order valence-corrected chi connectivity index (χ4v) is 5.14. The first kappa shape index (κ1) is 26.5. The van der Waals surface area contributed by atoms with Crippen LogP contribution in [-0.4, -0.2) is 18.1 Å². The van der Waals surface area contributed by atoms with Gasteiger partial charge in [0.15, 0.2) is 5.11 Å². The number of thioether (sulfide) groups is 1. The molecule has 8 heteroatoms. The normalized spacial score (nSPS) is 11.3. The van der Waals surface area contributed by atoms with E-state index in [1.807, 2.05) is 85.8 Å². The maximum absolute atomic E-state index is 13.4. The average molecular weight is 548 g/mol. The van der Waals surface area contributed by atoms with E-state index >= 15 is 0 Å². The van der Waals surface area contributed by atoms with Gasteiger partial charge < -0.3 is 20.7 Å². The van der Waals surface area contributed by atoms with Crippen molar-refractivity contribution in [3.8, 4) is 5.75 Å². The van der Waals surface area contributed by atoms with Crippen LogP contribution in [0.3, 0.4) is 0 Å². The zero-order valence-corrected chi connectivity index (χ0v) is 22.7. The third-order valence-corrected chi connectivity index (χ3v) is 7.16. The highest BCUT2D eigenvalue weighted by atomic mass is 35.5. The van der Waals surface area contributed by atoms with Crippen molar-refractivity contribution < 1.29 is 9.53 Å². The molecule has 5 nitrogen and oxygen atoms in total. The lowest BCUT2D eigenvalue weighted by atomic mass is 10.1. The molecule has 4 rings (SSSR count). The third-order valence-electron chi connectivity index (χ3n) is 5.42. The largest absolute Gasteiger partial charge is 0.495 e. The first-order valence-electron chi connectivity index (χ1n) is 11.5. The van der Waals surface area contributed by atoms with Gasteiger partial charge in [0.1, 0.15) is 11.0 Å². The lowest BCUT2D eigenvalue weighted by Crippen LogP contribution is -2.19. The summed E-state index contributed by atoms with van der Waals surface area (Å²) in [6.45, 7) is 2.04. The predicted molar refractivity (Wildman–Crippen MR) is 159 cm³/mol. The molecule has 0 saturated carbocycles. The number of hydrogen-bond donors (Lipinski definition) is 3. The smallest absolute Gasteiger partial charge is 0.242 e. The standard InChI is InChI=1S/C29H26ClN3O2S2/c1-19-11-13-21(14-12-19)32-29(36)33-22-9-6-10-24(17-22)37-27(20-7-4-3-5-8-20)28(34)31-23-15-16-26(35-2)25(30)18-23/h3-18,27H,1-2H3,(H,31,34)(H2,32,33,36). The molecular formula is C29H26ClN3O2S2. The molecule has 3 N–H and O–H groups in total. The molecule has 0 bridgehead atoms. The zero-order chi connectivity index (χ0) is 26.2. The molecule has 0 aromatic heterocycles. The van der Waals surface area contributed by atoms with Gasteiger partial charge in [0.05, 0.1) is 12.1 Å². The number of amides is 1. The number of anilines is 3. The predicted octanol–water partition coefficient (Wildman–Crippen LogP) is 7.94. The van der Waals surface area contributed by atoms with E-state index in [1.54, 1.807) is 25.3 Å². The fourth-order valence-electron chi connectivity index (χ4n) is 3.57. The van der Waals surface area contributed by atoms with Gasteiger partial charge in [-0.2, -0.15) is 0 Å². The van der Waals surface area contributed by atoms with Crippen molar-refractivity contribution in [2.24, 2.45) is 0 Å². The van der Waals surface area contributed by atoms with Gasteiger partial charge in [0, 0.05) is 22.0 Å². The van der Waals surface area contributed by atoms with Crippen LogP contribution in [-0.2, 0) is 4.79 Å². The maximum atomic E-state index is 13.4. The lowest BCUT2D eigenvalue weighted by molar-refractivity contribution is -0.115. The molecule has 0 aliphatic rings. The molecule has 0 aliphatic heterocycles. The van der Waals surface area contributed by atoms with Crippen molar-refractivity contribution in [3.05, 3.63) is 113 Å². The Kier molecular flexibility index (Phi) is 9.06. The van der Waals surface area contributed by atoms with Gasteiger partial charge >= 0.3 is 0 Å². The topological polar surface area (TPSA) is 62.4 Å². The second kappa shape index (κ2) is 12.6. The summed E-state index contributed by atoms with van der Waals surface area (Å²) < 4.78 is 5.21. The summed E-state index contributed by atoms with van der Waals surface area (Å²) in [5, 5.41) is 9.82. The molecule has 1 unspecified atom stereocenters. The van der Waals surface area contributed by atoms with Gasteiger partial charge in [-0.05, 0) is 73.2 Å². The summed E-state index contributed by atoms with van der Waals surface area (Å²) >= 11 is 13.2. The monoisotopic (exact) mass is 547 g/mol. The first-order valence-corrected chi connectivity index (χ1v) is 13.2. The number of ether oxygens (including phenoxy) is 1. The minimum absolute atomic E-state index is 0.160. The van der Waals surface area contributed by atoms with Gasteiger partial charge in [-0.15, -0.1) is 11.8 Å². The molecular weight excluding hydrogens is 522 g/mol. The fraction of sp³-hybridized carbons (Fsp3) is 0.103. The molecule has 1 amide bonds. The van der Waals surface area contributed by atoms with Crippen molar-refractivity contribution in [1.29, 1.82) is 0 Å². The average Bonchev–Trinajstić information content (AvgIpc) is 2.89. The van der Waals surface area contributed by atoms with E-state index in [-0.39, 0.29) is 5.91 Å². The van der Waals surface area contributed by atoms with E-state index in [0.717, 1.165) is 21.8 Å². The number of thiocarbonyl (C=S) groups is 1. The number of hydrogen-bond acceptors (Lipinski definition) is 4. The van der Waals surface area contributed by atoms with Crippen molar-refractivity contribution in [2.45, 2.75) is 17.1 Å². The van der Waals surface area contributed by atoms with Crippen molar-refractivity contribution in [2.75, 3.05) is 23.1 Å². The van der Waals surface area contributed by atoms with Crippen LogP contribution >= 0.6 is 35.6 Å². The van der Waals surface area contributed by atoms with Crippen LogP contribution in [0.2, 0.25) is 5.02 Å². The molecule has 4 aromatic rings. The van der Waals surface area contributed by atoms with Crippen LogP contribution in [0.15, 0.2) is 102 Å². The molecule has 1 atom stereocenters. The van der Waals surface area contributed by atoms with Crippen molar-refractivity contribution >= 4 is 63.7 Å². The molecule has 0 saturated heterocycles. The Labute approximate surface area is 231 Å². The quantitative estimate of drug-likeness (QED) is 0.154. The Morgan fingerprint density at radius 2 is 1.51 bits per heavy atom. The summed E-state index contributed by atoms with van der Waals surface area (Å²) in [4.78, 5) is 14.3. The number of methoxy groups -OCH3 is 1. The first-order chi connectivity index (χ1) is 17.9. The summed E-state index contributed by atoms with van der Waals surface area (Å²) in [6, 6.07) is 30.7. The minimum atomic E-state index is -0.491. The number of nitrogens with one attached hydrogen (secondary N) is 3. The highest BCUT2D eigenvalue weighted by molar-refractivity contribution is 8.00. The maximum Gasteiger partial charge on any atom is 0.242 e. The van der Waals surface area contributed by atoms with E-state index in [1.165, 1.54) is 17.3 Å². The van der Waals surface area contributed by atoms with E-state index in [9.17, 15) is 4.79 Å². The van der Waals surface area contributed by atoms with Crippen molar-refractivity contribution in [3.63, 3.8) is 0 Å². The van der Waals surface area contributed by atoms with Crippen LogP contribution in [0.5, 0.6) is 5.75 Å². The second-order valence-corrected chi connectivity index (χ2v) is 10.2. The molecule has 0 fully saturated rings. The highest BCUT2D eigenvalue weighted by Crippen LogP contribution is 2.37. The van der Waals surface area contributed by atoms with Gasteiger partial charge in [-0.1, -0.05) is 65.7 Å².